The molecule has 1 fully saturated rings. The molecule has 0 aliphatic heterocycles. The molecule has 0 N–H and O–H groups in total. The zero-order chi connectivity index (χ0) is 9.52. The molecule has 0 amide bonds. The van der Waals surface area contributed by atoms with Crippen molar-refractivity contribution in [3.05, 3.63) is 12.7 Å². The Morgan fingerprint density at radius 2 is 2.00 bits per heavy atom. The molecule has 1 rings (SSSR count). The van der Waals surface area contributed by atoms with Gasteiger partial charge in [-0.2, -0.15) is 0 Å². The monoisotopic (exact) mass is 180 g/mol. The normalized spacial score (nSPS) is 21.3. The molecular weight excluding hydrogens is 156 g/mol. The van der Waals surface area contributed by atoms with Crippen molar-refractivity contribution in [2.24, 2.45) is 11.8 Å². The van der Waals surface area contributed by atoms with E-state index in [4.69, 9.17) is 0 Å². The molecule has 76 valence electrons. The van der Waals surface area contributed by atoms with E-state index in [1.54, 1.807) is 0 Å². The standard InChI is InChI=1S/C13H24/c1-3-5-9-12(4-2)13-10-7-6-8-11-13/h4,12-13H,2-3,5-11H2,1H3. The first-order valence-electron chi connectivity index (χ1n) is 6.01. The van der Waals surface area contributed by atoms with E-state index >= 15 is 0 Å². The van der Waals surface area contributed by atoms with Crippen LogP contribution in [-0.2, 0) is 0 Å². The van der Waals surface area contributed by atoms with Gasteiger partial charge in [-0.05, 0) is 31.1 Å². The largest absolute Gasteiger partial charge is 0.103 e. The van der Waals surface area contributed by atoms with Crippen LogP contribution in [0.15, 0.2) is 12.7 Å². The molecule has 0 saturated heterocycles. The minimum atomic E-state index is 0.820. The average Bonchev–Trinajstić information content (AvgIpc) is 2.21. The van der Waals surface area contributed by atoms with E-state index in [-0.39, 0.29) is 0 Å². The first kappa shape index (κ1) is 10.8. The highest BCUT2D eigenvalue weighted by Crippen LogP contribution is 2.33. The minimum absolute atomic E-state index is 0.820. The van der Waals surface area contributed by atoms with Crippen molar-refractivity contribution in [1.82, 2.24) is 0 Å². The Morgan fingerprint density at radius 1 is 1.31 bits per heavy atom. The van der Waals surface area contributed by atoms with Crippen LogP contribution in [0.25, 0.3) is 0 Å². The molecule has 0 aromatic carbocycles. The van der Waals surface area contributed by atoms with Gasteiger partial charge in [0.15, 0.2) is 0 Å². The minimum Gasteiger partial charge on any atom is -0.103 e. The lowest BCUT2D eigenvalue weighted by atomic mass is 9.78. The van der Waals surface area contributed by atoms with Crippen LogP contribution in [0, 0.1) is 11.8 Å². The maximum Gasteiger partial charge on any atom is -0.0208 e. The zero-order valence-electron chi connectivity index (χ0n) is 9.10. The summed E-state index contributed by atoms with van der Waals surface area (Å²) >= 11 is 0. The van der Waals surface area contributed by atoms with Crippen LogP contribution in [0.5, 0.6) is 0 Å². The lowest BCUT2D eigenvalue weighted by Crippen LogP contribution is -2.15. The summed E-state index contributed by atoms with van der Waals surface area (Å²) in [5.74, 6) is 1.79. The third kappa shape index (κ3) is 3.54. The third-order valence-electron chi connectivity index (χ3n) is 3.45. The summed E-state index contributed by atoms with van der Waals surface area (Å²) < 4.78 is 0. The summed E-state index contributed by atoms with van der Waals surface area (Å²) in [6.45, 7) is 6.27. The van der Waals surface area contributed by atoms with Gasteiger partial charge in [-0.25, -0.2) is 0 Å². The van der Waals surface area contributed by atoms with Gasteiger partial charge in [-0.3, -0.25) is 0 Å². The van der Waals surface area contributed by atoms with E-state index < -0.39 is 0 Å². The number of rotatable bonds is 5. The number of unbranched alkanes of at least 4 members (excludes halogenated alkanes) is 1. The van der Waals surface area contributed by atoms with Gasteiger partial charge < -0.3 is 0 Å². The van der Waals surface area contributed by atoms with Crippen molar-refractivity contribution in [2.75, 3.05) is 0 Å². The molecule has 0 bridgehead atoms. The molecule has 1 atom stereocenters. The van der Waals surface area contributed by atoms with Gasteiger partial charge >= 0.3 is 0 Å². The van der Waals surface area contributed by atoms with Gasteiger partial charge in [0.05, 0.1) is 0 Å². The van der Waals surface area contributed by atoms with Crippen molar-refractivity contribution >= 4 is 0 Å². The Kier molecular flexibility index (Phi) is 5.19. The predicted molar refractivity (Wildman–Crippen MR) is 59.8 cm³/mol. The molecule has 0 aromatic heterocycles. The molecular formula is C13H24. The highest BCUT2D eigenvalue weighted by atomic mass is 14.3. The smallest absolute Gasteiger partial charge is 0.0208 e. The SMILES string of the molecule is C=CC(CCCC)C1CCCCC1. The molecule has 1 unspecified atom stereocenters. The van der Waals surface area contributed by atoms with Gasteiger partial charge in [0.2, 0.25) is 0 Å². The number of allylic oxidation sites excluding steroid dienone is 1. The highest BCUT2D eigenvalue weighted by molar-refractivity contribution is 4.85. The Balaban J connectivity index is 2.30. The van der Waals surface area contributed by atoms with Gasteiger partial charge in [0.1, 0.15) is 0 Å². The van der Waals surface area contributed by atoms with E-state index in [1.165, 1.54) is 51.4 Å². The maximum absolute atomic E-state index is 3.99. The molecule has 0 heterocycles. The number of hydrogen-bond donors (Lipinski definition) is 0. The Hall–Kier alpha value is -0.260. The first-order chi connectivity index (χ1) is 6.38. The van der Waals surface area contributed by atoms with E-state index in [9.17, 15) is 0 Å². The van der Waals surface area contributed by atoms with Crippen molar-refractivity contribution in [3.63, 3.8) is 0 Å². The van der Waals surface area contributed by atoms with Crippen LogP contribution in [0.4, 0.5) is 0 Å². The highest BCUT2D eigenvalue weighted by Gasteiger charge is 2.20. The predicted octanol–water partition coefficient (Wildman–Crippen LogP) is 4.56. The lowest BCUT2D eigenvalue weighted by molar-refractivity contribution is 0.272. The molecule has 1 aliphatic rings. The Bertz CT molecular complexity index is 131. The fraction of sp³-hybridized carbons (Fsp3) is 0.846. The van der Waals surface area contributed by atoms with Crippen molar-refractivity contribution in [3.8, 4) is 0 Å². The van der Waals surface area contributed by atoms with Crippen LogP contribution in [-0.4, -0.2) is 0 Å². The molecule has 0 spiro atoms. The molecule has 0 radical (unpaired) electrons. The first-order valence-corrected chi connectivity index (χ1v) is 6.01. The second kappa shape index (κ2) is 6.23. The van der Waals surface area contributed by atoms with Crippen LogP contribution >= 0.6 is 0 Å². The summed E-state index contributed by atoms with van der Waals surface area (Å²) in [7, 11) is 0. The summed E-state index contributed by atoms with van der Waals surface area (Å²) in [5.41, 5.74) is 0. The quantitative estimate of drug-likeness (QED) is 0.544. The van der Waals surface area contributed by atoms with Gasteiger partial charge in [-0.15, -0.1) is 6.58 Å². The summed E-state index contributed by atoms with van der Waals surface area (Å²) in [4.78, 5) is 0. The van der Waals surface area contributed by atoms with E-state index in [2.05, 4.69) is 19.6 Å². The maximum atomic E-state index is 3.99. The van der Waals surface area contributed by atoms with Crippen LogP contribution < -0.4 is 0 Å². The molecule has 0 aromatic rings. The zero-order valence-corrected chi connectivity index (χ0v) is 9.10. The summed E-state index contributed by atoms with van der Waals surface area (Å²) in [6.07, 6.45) is 13.6. The van der Waals surface area contributed by atoms with Gasteiger partial charge in [0, 0.05) is 0 Å². The summed E-state index contributed by atoms with van der Waals surface area (Å²) in [6, 6.07) is 0. The second-order valence-electron chi connectivity index (χ2n) is 4.44. The van der Waals surface area contributed by atoms with E-state index in [1.807, 2.05) is 0 Å². The van der Waals surface area contributed by atoms with Gasteiger partial charge in [0.25, 0.3) is 0 Å². The molecule has 0 nitrogen and oxygen atoms in total. The van der Waals surface area contributed by atoms with Gasteiger partial charge in [-0.1, -0.05) is 45.1 Å². The fourth-order valence-electron chi connectivity index (χ4n) is 2.55. The molecule has 0 heteroatoms. The molecule has 13 heavy (non-hydrogen) atoms. The Morgan fingerprint density at radius 3 is 2.54 bits per heavy atom. The van der Waals surface area contributed by atoms with Crippen LogP contribution in [0.2, 0.25) is 0 Å². The van der Waals surface area contributed by atoms with E-state index in [0.717, 1.165) is 11.8 Å². The van der Waals surface area contributed by atoms with Crippen LogP contribution in [0.1, 0.15) is 58.3 Å². The Labute approximate surface area is 83.4 Å². The topological polar surface area (TPSA) is 0 Å². The van der Waals surface area contributed by atoms with Crippen molar-refractivity contribution < 1.29 is 0 Å². The molecule has 1 aliphatic carbocycles. The molecule has 1 saturated carbocycles. The van der Waals surface area contributed by atoms with Crippen LogP contribution in [0.3, 0.4) is 0 Å². The fourth-order valence-corrected chi connectivity index (χ4v) is 2.55. The second-order valence-corrected chi connectivity index (χ2v) is 4.44. The number of hydrogen-bond acceptors (Lipinski definition) is 0. The summed E-state index contributed by atoms with van der Waals surface area (Å²) in [5, 5.41) is 0. The van der Waals surface area contributed by atoms with Crippen molar-refractivity contribution in [1.29, 1.82) is 0 Å². The lowest BCUT2D eigenvalue weighted by Gasteiger charge is -2.28. The average molecular weight is 180 g/mol. The third-order valence-corrected chi connectivity index (χ3v) is 3.45. The van der Waals surface area contributed by atoms with E-state index in [0.29, 0.717) is 0 Å². The van der Waals surface area contributed by atoms with Crippen molar-refractivity contribution in [2.45, 2.75) is 58.3 Å².